The Balaban J connectivity index is 1.26. The van der Waals surface area contributed by atoms with Gasteiger partial charge in [0.1, 0.15) is 18.4 Å². The molecule has 9 heteroatoms. The van der Waals surface area contributed by atoms with Gasteiger partial charge in [-0.15, -0.1) is 0 Å². The number of carbonyl (C=O) groups is 2. The van der Waals surface area contributed by atoms with Gasteiger partial charge in [0, 0.05) is 37.3 Å². The maximum Gasteiger partial charge on any atom is 0.274 e. The third-order valence-corrected chi connectivity index (χ3v) is 7.14. The summed E-state index contributed by atoms with van der Waals surface area (Å²) in [6.07, 6.45) is 3.32. The summed E-state index contributed by atoms with van der Waals surface area (Å²) in [5.74, 6) is 0.582. The standard InChI is InChI=1S/C25H31ClN4O4/c1-16-12-29(13-17(2)33-16)25(32)24-19-6-5-8-21(19)30(27-24)15-23(31)28-11-10-18(14-28)34-22-9-4-3-7-20(22)26/h3-4,7,9,16-18H,5-6,8,10-15H2,1-2H3/t16-,17+,18?. The summed E-state index contributed by atoms with van der Waals surface area (Å²) in [6.45, 7) is 6.38. The van der Waals surface area contributed by atoms with Crippen molar-refractivity contribution in [2.75, 3.05) is 26.2 Å². The van der Waals surface area contributed by atoms with Gasteiger partial charge in [0.05, 0.1) is 23.8 Å². The average molecular weight is 487 g/mol. The van der Waals surface area contributed by atoms with Gasteiger partial charge in [-0.25, -0.2) is 0 Å². The number of morpholine rings is 1. The van der Waals surface area contributed by atoms with Gasteiger partial charge in [0.15, 0.2) is 5.69 Å². The van der Waals surface area contributed by atoms with E-state index in [1.165, 1.54) is 0 Å². The monoisotopic (exact) mass is 486 g/mol. The lowest BCUT2D eigenvalue weighted by atomic mass is 10.1. The molecule has 0 radical (unpaired) electrons. The number of benzene rings is 1. The SMILES string of the molecule is C[C@@H]1CN(C(=O)c2nn(CC(=O)N3CCC(Oc4ccccc4Cl)C3)c3c2CCC3)C[C@H](C)O1. The molecular formula is C25H31ClN4O4. The minimum absolute atomic E-state index is 0.000473. The molecule has 3 atom stereocenters. The molecule has 2 aromatic rings. The highest BCUT2D eigenvalue weighted by atomic mass is 35.5. The first-order valence-corrected chi connectivity index (χ1v) is 12.5. The molecule has 2 amide bonds. The molecule has 0 spiro atoms. The second kappa shape index (κ2) is 9.58. The van der Waals surface area contributed by atoms with Crippen LogP contribution in [0.25, 0.3) is 0 Å². The number of amides is 2. The van der Waals surface area contributed by atoms with Gasteiger partial charge in [-0.1, -0.05) is 23.7 Å². The fourth-order valence-corrected chi connectivity index (χ4v) is 5.48. The molecule has 0 bridgehead atoms. The van der Waals surface area contributed by atoms with E-state index >= 15 is 0 Å². The van der Waals surface area contributed by atoms with Gasteiger partial charge >= 0.3 is 0 Å². The first kappa shape index (κ1) is 23.2. The molecule has 5 rings (SSSR count). The smallest absolute Gasteiger partial charge is 0.274 e. The zero-order chi connectivity index (χ0) is 23.8. The number of hydrogen-bond acceptors (Lipinski definition) is 5. The summed E-state index contributed by atoms with van der Waals surface area (Å²) in [5.41, 5.74) is 2.53. The van der Waals surface area contributed by atoms with Crippen molar-refractivity contribution in [2.24, 2.45) is 0 Å². The Morgan fingerprint density at radius 1 is 1.12 bits per heavy atom. The summed E-state index contributed by atoms with van der Waals surface area (Å²) in [4.78, 5) is 30.1. The summed E-state index contributed by atoms with van der Waals surface area (Å²) < 4.78 is 13.6. The van der Waals surface area contributed by atoms with E-state index < -0.39 is 0 Å². The van der Waals surface area contributed by atoms with E-state index in [0.717, 1.165) is 36.9 Å². The maximum absolute atomic E-state index is 13.3. The Kier molecular flexibility index (Phi) is 6.53. The van der Waals surface area contributed by atoms with Crippen molar-refractivity contribution in [3.8, 4) is 5.75 Å². The molecule has 3 heterocycles. The van der Waals surface area contributed by atoms with Crippen LogP contribution in [0.5, 0.6) is 5.75 Å². The molecule has 0 saturated carbocycles. The van der Waals surface area contributed by atoms with Crippen LogP contribution >= 0.6 is 11.6 Å². The summed E-state index contributed by atoms with van der Waals surface area (Å²) in [6, 6.07) is 7.38. The van der Waals surface area contributed by atoms with E-state index in [9.17, 15) is 9.59 Å². The Morgan fingerprint density at radius 2 is 1.88 bits per heavy atom. The van der Waals surface area contributed by atoms with Crippen LogP contribution in [-0.2, 0) is 28.9 Å². The summed E-state index contributed by atoms with van der Waals surface area (Å²) >= 11 is 6.21. The van der Waals surface area contributed by atoms with E-state index in [4.69, 9.17) is 21.1 Å². The van der Waals surface area contributed by atoms with E-state index in [2.05, 4.69) is 5.10 Å². The van der Waals surface area contributed by atoms with Crippen molar-refractivity contribution < 1.29 is 19.1 Å². The first-order chi connectivity index (χ1) is 16.4. The molecule has 2 saturated heterocycles. The second-order valence-electron chi connectivity index (χ2n) is 9.55. The van der Waals surface area contributed by atoms with Gasteiger partial charge < -0.3 is 19.3 Å². The number of aromatic nitrogens is 2. The highest BCUT2D eigenvalue weighted by Crippen LogP contribution is 2.29. The molecule has 3 aliphatic rings. The van der Waals surface area contributed by atoms with Crippen molar-refractivity contribution >= 4 is 23.4 Å². The van der Waals surface area contributed by atoms with E-state index in [1.54, 1.807) is 10.7 Å². The zero-order valence-corrected chi connectivity index (χ0v) is 20.5. The Labute approximate surface area is 204 Å². The number of ether oxygens (including phenoxy) is 2. The van der Waals surface area contributed by atoms with Crippen LogP contribution in [0, 0.1) is 0 Å². The molecule has 2 fully saturated rings. The van der Waals surface area contributed by atoms with Crippen LogP contribution in [0.2, 0.25) is 5.02 Å². The van der Waals surface area contributed by atoms with Gasteiger partial charge in [-0.2, -0.15) is 5.10 Å². The lowest BCUT2D eigenvalue weighted by Crippen LogP contribution is -2.48. The highest BCUT2D eigenvalue weighted by Gasteiger charge is 2.34. The van der Waals surface area contributed by atoms with Crippen molar-refractivity contribution in [2.45, 2.75) is 64.4 Å². The molecule has 8 nitrogen and oxygen atoms in total. The number of hydrogen-bond donors (Lipinski definition) is 0. The number of rotatable bonds is 5. The van der Waals surface area contributed by atoms with Crippen molar-refractivity contribution in [3.05, 3.63) is 46.2 Å². The Morgan fingerprint density at radius 3 is 2.65 bits per heavy atom. The lowest BCUT2D eigenvalue weighted by Gasteiger charge is -2.35. The van der Waals surface area contributed by atoms with Crippen LogP contribution in [0.15, 0.2) is 24.3 Å². The number of carbonyl (C=O) groups excluding carboxylic acids is 2. The fourth-order valence-electron chi connectivity index (χ4n) is 5.30. The normalized spacial score (nSPS) is 24.4. The molecule has 1 aromatic heterocycles. The van der Waals surface area contributed by atoms with Crippen LogP contribution < -0.4 is 4.74 Å². The van der Waals surface area contributed by atoms with Crippen LogP contribution in [0.4, 0.5) is 0 Å². The van der Waals surface area contributed by atoms with Gasteiger partial charge in [0.25, 0.3) is 5.91 Å². The van der Waals surface area contributed by atoms with E-state index in [1.807, 2.05) is 41.8 Å². The zero-order valence-electron chi connectivity index (χ0n) is 19.7. The lowest BCUT2D eigenvalue weighted by molar-refractivity contribution is -0.131. The molecule has 34 heavy (non-hydrogen) atoms. The van der Waals surface area contributed by atoms with E-state index in [0.29, 0.717) is 42.6 Å². The third kappa shape index (κ3) is 4.66. The van der Waals surface area contributed by atoms with E-state index in [-0.39, 0.29) is 36.7 Å². The van der Waals surface area contributed by atoms with Crippen LogP contribution in [0.3, 0.4) is 0 Å². The van der Waals surface area contributed by atoms with Gasteiger partial charge in [0.2, 0.25) is 5.91 Å². The maximum atomic E-state index is 13.3. The largest absolute Gasteiger partial charge is 0.487 e. The van der Waals surface area contributed by atoms with Crippen LogP contribution in [0.1, 0.15) is 48.4 Å². The fraction of sp³-hybridized carbons (Fsp3) is 0.560. The number of halogens is 1. The Bertz CT molecular complexity index is 1080. The molecule has 1 aromatic carbocycles. The minimum Gasteiger partial charge on any atom is -0.487 e. The molecule has 1 unspecified atom stereocenters. The number of nitrogens with zero attached hydrogens (tertiary/aromatic N) is 4. The first-order valence-electron chi connectivity index (χ1n) is 12.1. The number of likely N-dealkylation sites (tertiary alicyclic amines) is 1. The number of para-hydroxylation sites is 1. The highest BCUT2D eigenvalue weighted by molar-refractivity contribution is 6.32. The Hall–Kier alpha value is -2.58. The predicted octanol–water partition coefficient (Wildman–Crippen LogP) is 2.95. The third-order valence-electron chi connectivity index (χ3n) is 6.83. The number of fused-ring (bicyclic) bond motifs is 1. The molecule has 2 aliphatic heterocycles. The molecular weight excluding hydrogens is 456 g/mol. The average Bonchev–Trinajstić information content (AvgIpc) is 3.52. The predicted molar refractivity (Wildman–Crippen MR) is 127 cm³/mol. The molecule has 1 aliphatic carbocycles. The summed E-state index contributed by atoms with van der Waals surface area (Å²) in [7, 11) is 0. The molecule has 0 N–H and O–H groups in total. The van der Waals surface area contributed by atoms with Gasteiger partial charge in [-0.05, 0) is 45.2 Å². The van der Waals surface area contributed by atoms with Crippen LogP contribution in [-0.4, -0.2) is 75.9 Å². The summed E-state index contributed by atoms with van der Waals surface area (Å²) in [5, 5.41) is 5.23. The minimum atomic E-state index is -0.0883. The van der Waals surface area contributed by atoms with Gasteiger partial charge in [-0.3, -0.25) is 14.3 Å². The van der Waals surface area contributed by atoms with Crippen molar-refractivity contribution in [1.29, 1.82) is 0 Å². The van der Waals surface area contributed by atoms with Crippen molar-refractivity contribution in [3.63, 3.8) is 0 Å². The van der Waals surface area contributed by atoms with Crippen molar-refractivity contribution in [1.82, 2.24) is 19.6 Å². The topological polar surface area (TPSA) is 76.9 Å². The molecule has 182 valence electrons. The quantitative estimate of drug-likeness (QED) is 0.649. The second-order valence-corrected chi connectivity index (χ2v) is 9.96.